The number of carboxylic acid groups (broad SMARTS) is 1. The molecular formula is C32H30F7N3O5S. The molecule has 48 heavy (non-hydrogen) atoms. The second kappa shape index (κ2) is 11.6. The van der Waals surface area contributed by atoms with E-state index in [0.29, 0.717) is 23.3 Å². The number of carbonyl (C=O) groups is 2. The molecule has 2 atom stereocenters. The molecule has 1 saturated carbocycles. The van der Waals surface area contributed by atoms with Crippen molar-refractivity contribution in [2.24, 2.45) is 11.8 Å². The zero-order valence-corrected chi connectivity index (χ0v) is 25.9. The zero-order chi connectivity index (χ0) is 34.9. The second-order valence-corrected chi connectivity index (χ2v) is 14.9. The van der Waals surface area contributed by atoms with Gasteiger partial charge in [-0.3, -0.25) is 14.7 Å². The molecule has 1 amide bonds. The number of aromatic amines is 1. The monoisotopic (exact) mass is 701 g/mol. The van der Waals surface area contributed by atoms with Crippen molar-refractivity contribution < 1.29 is 53.8 Å². The quantitative estimate of drug-likeness (QED) is 0.284. The van der Waals surface area contributed by atoms with Gasteiger partial charge in [0.2, 0.25) is 5.91 Å². The first-order chi connectivity index (χ1) is 22.4. The van der Waals surface area contributed by atoms with Gasteiger partial charge in [0.05, 0.1) is 23.1 Å². The van der Waals surface area contributed by atoms with E-state index >= 15 is 4.39 Å². The summed E-state index contributed by atoms with van der Waals surface area (Å²) in [4.78, 5) is 26.6. The molecule has 0 spiro atoms. The van der Waals surface area contributed by atoms with Gasteiger partial charge in [-0.2, -0.15) is 31.4 Å². The van der Waals surface area contributed by atoms with Crippen LogP contribution in [-0.2, 0) is 36.3 Å². The topological polar surface area (TPSA) is 120 Å². The van der Waals surface area contributed by atoms with Crippen molar-refractivity contribution >= 4 is 21.7 Å². The van der Waals surface area contributed by atoms with Crippen LogP contribution in [0.25, 0.3) is 11.1 Å². The number of nitrogens with one attached hydrogen (secondary N) is 1. The molecule has 8 nitrogen and oxygen atoms in total. The maximum absolute atomic E-state index is 15.1. The highest BCUT2D eigenvalue weighted by atomic mass is 32.2. The van der Waals surface area contributed by atoms with Crippen LogP contribution >= 0.6 is 0 Å². The lowest BCUT2D eigenvalue weighted by Gasteiger charge is -2.44. The number of aromatic nitrogens is 2. The summed E-state index contributed by atoms with van der Waals surface area (Å²) in [6, 6.07) is 6.29. The molecule has 1 aromatic heterocycles. The first-order valence-electron chi connectivity index (χ1n) is 15.3. The van der Waals surface area contributed by atoms with Crippen LogP contribution in [0.3, 0.4) is 0 Å². The van der Waals surface area contributed by atoms with E-state index in [9.17, 15) is 49.5 Å². The molecule has 6 rings (SSSR count). The largest absolute Gasteiger partial charge is 0.481 e. The van der Waals surface area contributed by atoms with Crippen molar-refractivity contribution in [1.29, 1.82) is 0 Å². The number of nitrogens with zero attached hydrogens (tertiary/aromatic N) is 2. The molecule has 2 heterocycles. The number of benzene rings is 2. The number of alkyl halides is 7. The van der Waals surface area contributed by atoms with Crippen molar-refractivity contribution in [1.82, 2.24) is 15.1 Å². The van der Waals surface area contributed by atoms with E-state index in [1.54, 1.807) is 6.20 Å². The van der Waals surface area contributed by atoms with Crippen molar-refractivity contribution in [3.05, 3.63) is 71.5 Å². The number of sulfone groups is 1. The fourth-order valence-corrected chi connectivity index (χ4v) is 10.1. The summed E-state index contributed by atoms with van der Waals surface area (Å²) in [5.74, 6) is -2.54. The highest BCUT2D eigenvalue weighted by Crippen LogP contribution is 2.57. The smallest absolute Gasteiger partial charge is 0.435 e. The van der Waals surface area contributed by atoms with Crippen molar-refractivity contribution in [3.8, 4) is 11.1 Å². The molecule has 3 aliphatic rings. The third kappa shape index (κ3) is 5.08. The SMILES string of the molecule is O=C(O)C1CCC(C(=O)N2CCC3(S(=O)(=O)c4ccc(-c5cn[nH]c5)cc4)c4ccc(C(F)(C(F)(F)F)C(F)(F)F)cc4CCC23)CC1. The first-order valence-corrected chi connectivity index (χ1v) is 16.7. The normalized spacial score (nSPS) is 25.0. The van der Waals surface area contributed by atoms with Gasteiger partial charge in [0.15, 0.2) is 9.84 Å². The lowest BCUT2D eigenvalue weighted by molar-refractivity contribution is -0.348. The fraction of sp³-hybridized carbons (Fsp3) is 0.469. The van der Waals surface area contributed by atoms with Gasteiger partial charge in [-0.15, -0.1) is 0 Å². The summed E-state index contributed by atoms with van der Waals surface area (Å²) >= 11 is 0. The van der Waals surface area contributed by atoms with Crippen LogP contribution < -0.4 is 0 Å². The Morgan fingerprint density at radius 2 is 1.50 bits per heavy atom. The predicted octanol–water partition coefficient (Wildman–Crippen LogP) is 6.47. The van der Waals surface area contributed by atoms with E-state index in [2.05, 4.69) is 10.2 Å². The molecule has 3 aromatic rings. The number of amides is 1. The number of fused-ring (bicyclic) bond motifs is 3. The molecule has 0 bridgehead atoms. The Kier molecular flexibility index (Phi) is 8.19. The number of likely N-dealkylation sites (tertiary alicyclic amines) is 1. The minimum atomic E-state index is -6.35. The molecule has 258 valence electrons. The highest BCUT2D eigenvalue weighted by molar-refractivity contribution is 7.92. The third-order valence-corrected chi connectivity index (χ3v) is 12.8. The van der Waals surface area contributed by atoms with E-state index in [-0.39, 0.29) is 73.4 Å². The van der Waals surface area contributed by atoms with E-state index in [1.165, 1.54) is 35.4 Å². The fourth-order valence-electron chi connectivity index (χ4n) is 7.76. The van der Waals surface area contributed by atoms with Crippen molar-refractivity contribution in [2.45, 2.75) is 78.7 Å². The molecule has 2 N–H and O–H groups in total. The average Bonchev–Trinajstić information content (AvgIpc) is 3.72. The summed E-state index contributed by atoms with van der Waals surface area (Å²) < 4.78 is 125. The van der Waals surface area contributed by atoms with E-state index < -0.39 is 62.0 Å². The van der Waals surface area contributed by atoms with Gasteiger partial charge in [-0.1, -0.05) is 30.3 Å². The molecule has 2 fully saturated rings. The van der Waals surface area contributed by atoms with Gasteiger partial charge in [-0.25, -0.2) is 12.8 Å². The van der Waals surface area contributed by atoms with Crippen LogP contribution in [0.5, 0.6) is 0 Å². The molecule has 2 unspecified atom stereocenters. The summed E-state index contributed by atoms with van der Waals surface area (Å²) in [6.45, 7) is -0.0754. The highest BCUT2D eigenvalue weighted by Gasteiger charge is 2.74. The van der Waals surface area contributed by atoms with Crippen LogP contribution in [0.2, 0.25) is 0 Å². The minimum Gasteiger partial charge on any atom is -0.481 e. The van der Waals surface area contributed by atoms with Gasteiger partial charge < -0.3 is 10.0 Å². The number of carbonyl (C=O) groups excluding carboxylic acids is 1. The molecule has 1 saturated heterocycles. The first kappa shape index (κ1) is 33.9. The van der Waals surface area contributed by atoms with Crippen LogP contribution in [0.1, 0.15) is 55.2 Å². The van der Waals surface area contributed by atoms with E-state index in [1.807, 2.05) is 0 Å². The number of carboxylic acids is 1. The molecular weight excluding hydrogens is 671 g/mol. The summed E-state index contributed by atoms with van der Waals surface area (Å²) in [6.07, 6.45) is -9.12. The van der Waals surface area contributed by atoms with E-state index in [4.69, 9.17) is 0 Å². The number of aliphatic carboxylic acids is 1. The van der Waals surface area contributed by atoms with Crippen LogP contribution in [-0.4, -0.2) is 65.4 Å². The van der Waals surface area contributed by atoms with Crippen molar-refractivity contribution in [2.75, 3.05) is 6.54 Å². The molecule has 16 heteroatoms. The van der Waals surface area contributed by atoms with Gasteiger partial charge in [-0.05, 0) is 73.8 Å². The Balaban J connectivity index is 1.45. The number of rotatable bonds is 6. The maximum atomic E-state index is 15.1. The predicted molar refractivity (Wildman–Crippen MR) is 156 cm³/mol. The maximum Gasteiger partial charge on any atom is 0.435 e. The standard InChI is InChI=1S/C32H30F7N3O5S/c33-30(31(34,35)36,32(37,38)39)23-8-11-25-21(15-23)7-12-26-29(25,13-14-42(26)27(43)19-1-3-20(4-2-19)28(44)45)48(46,47)24-9-5-18(6-10-24)22-16-40-41-17-22/h5-6,8-11,15-17,19-20,26H,1-4,7,12-14H2,(H,40,41)(H,44,45). The van der Waals surface area contributed by atoms with Gasteiger partial charge in [0, 0.05) is 29.8 Å². The summed E-state index contributed by atoms with van der Waals surface area (Å²) in [5.41, 5.74) is -6.41. The Labute approximate surface area is 270 Å². The van der Waals surface area contributed by atoms with Crippen LogP contribution in [0, 0.1) is 11.8 Å². The summed E-state index contributed by atoms with van der Waals surface area (Å²) in [5, 5.41) is 15.9. The Morgan fingerprint density at radius 1 is 0.875 bits per heavy atom. The van der Waals surface area contributed by atoms with Crippen molar-refractivity contribution in [3.63, 3.8) is 0 Å². The number of H-pyrrole nitrogens is 1. The van der Waals surface area contributed by atoms with Crippen LogP contribution in [0.4, 0.5) is 30.7 Å². The number of aryl methyl sites for hydroxylation is 1. The molecule has 0 radical (unpaired) electrons. The number of hydrogen-bond donors (Lipinski definition) is 2. The molecule has 2 aromatic carbocycles. The number of halogens is 7. The Morgan fingerprint density at radius 3 is 2.06 bits per heavy atom. The number of hydrogen-bond acceptors (Lipinski definition) is 5. The zero-order valence-electron chi connectivity index (χ0n) is 25.1. The lowest BCUT2D eigenvalue weighted by atomic mass is 9.76. The van der Waals surface area contributed by atoms with Crippen LogP contribution in [0.15, 0.2) is 59.8 Å². The molecule has 1 aliphatic heterocycles. The Bertz CT molecular complexity index is 1810. The van der Waals surface area contributed by atoms with Gasteiger partial charge in [0.25, 0.3) is 0 Å². The second-order valence-electron chi connectivity index (χ2n) is 12.7. The van der Waals surface area contributed by atoms with Gasteiger partial charge >= 0.3 is 24.0 Å². The minimum absolute atomic E-state index is 0.0754. The van der Waals surface area contributed by atoms with E-state index in [0.717, 1.165) is 6.07 Å². The van der Waals surface area contributed by atoms with Gasteiger partial charge in [0.1, 0.15) is 4.75 Å². The lowest BCUT2D eigenvalue weighted by Crippen LogP contribution is -2.53. The average molecular weight is 702 g/mol. The molecule has 2 aliphatic carbocycles. The Hall–Kier alpha value is -3.95. The third-order valence-electron chi connectivity index (χ3n) is 10.3. The summed E-state index contributed by atoms with van der Waals surface area (Å²) in [7, 11) is -4.51.